The Balaban J connectivity index is 2.76. The maximum absolute atomic E-state index is 10.5. The number of hydrogen-bond acceptors (Lipinski definition) is 3. The van der Waals surface area contributed by atoms with Gasteiger partial charge in [0.25, 0.3) is 0 Å². The van der Waals surface area contributed by atoms with Crippen molar-refractivity contribution in [2.24, 2.45) is 0 Å². The van der Waals surface area contributed by atoms with Gasteiger partial charge in [0, 0.05) is 13.3 Å². The molecule has 0 aliphatic heterocycles. The van der Waals surface area contributed by atoms with Crippen LogP contribution < -0.4 is 0 Å². The van der Waals surface area contributed by atoms with Gasteiger partial charge in [-0.25, -0.2) is 4.79 Å². The Labute approximate surface area is 69.8 Å². The van der Waals surface area contributed by atoms with E-state index in [9.17, 15) is 9.59 Å². The Morgan fingerprint density at radius 3 is 2.58 bits per heavy atom. The van der Waals surface area contributed by atoms with Gasteiger partial charge >= 0.3 is 11.9 Å². The molecule has 0 saturated heterocycles. The zero-order chi connectivity index (χ0) is 9.14. The summed E-state index contributed by atoms with van der Waals surface area (Å²) in [5.74, 6) is -1.11. The highest BCUT2D eigenvalue weighted by Crippen LogP contribution is 2.26. The van der Waals surface area contributed by atoms with Crippen molar-refractivity contribution in [3.05, 3.63) is 11.3 Å². The number of carbonyl (C=O) groups is 2. The summed E-state index contributed by atoms with van der Waals surface area (Å²) in [6, 6.07) is 0. The van der Waals surface area contributed by atoms with E-state index in [2.05, 4.69) is 0 Å². The van der Waals surface area contributed by atoms with Crippen LogP contribution in [0.1, 0.15) is 26.2 Å². The molecule has 0 unspecified atom stereocenters. The fourth-order valence-electron chi connectivity index (χ4n) is 1.23. The first kappa shape index (κ1) is 8.77. The normalized spacial score (nSPS) is 16.4. The standard InChI is InChI=1S/C8H10O4/c1-5(9)12-7-4-2-3-6(7)8(10)11/h2-4H2,1H3,(H,10,11). The topological polar surface area (TPSA) is 63.6 Å². The molecular weight excluding hydrogens is 160 g/mol. The van der Waals surface area contributed by atoms with Crippen LogP contribution in [0.5, 0.6) is 0 Å². The monoisotopic (exact) mass is 170 g/mol. The number of ether oxygens (including phenoxy) is 1. The van der Waals surface area contributed by atoms with Crippen molar-refractivity contribution in [2.45, 2.75) is 26.2 Å². The highest BCUT2D eigenvalue weighted by atomic mass is 16.5. The van der Waals surface area contributed by atoms with Crippen LogP contribution in [0.3, 0.4) is 0 Å². The molecule has 0 atom stereocenters. The molecule has 0 saturated carbocycles. The fraction of sp³-hybridized carbons (Fsp3) is 0.500. The van der Waals surface area contributed by atoms with E-state index < -0.39 is 11.9 Å². The number of aliphatic carboxylic acids is 1. The lowest BCUT2D eigenvalue weighted by atomic mass is 10.2. The number of esters is 1. The second-order valence-electron chi connectivity index (χ2n) is 2.65. The summed E-state index contributed by atoms with van der Waals surface area (Å²) in [7, 11) is 0. The van der Waals surface area contributed by atoms with E-state index >= 15 is 0 Å². The van der Waals surface area contributed by atoms with Gasteiger partial charge < -0.3 is 9.84 Å². The fourth-order valence-corrected chi connectivity index (χ4v) is 1.23. The van der Waals surface area contributed by atoms with Crippen LogP contribution in [-0.2, 0) is 14.3 Å². The zero-order valence-electron chi connectivity index (χ0n) is 6.79. The van der Waals surface area contributed by atoms with Gasteiger partial charge in [-0.15, -0.1) is 0 Å². The minimum Gasteiger partial charge on any atom is -0.478 e. The lowest BCUT2D eigenvalue weighted by Crippen LogP contribution is -2.04. The van der Waals surface area contributed by atoms with Crippen LogP contribution >= 0.6 is 0 Å². The number of carbonyl (C=O) groups excluding carboxylic acids is 1. The molecule has 4 nitrogen and oxygen atoms in total. The Hall–Kier alpha value is -1.32. The molecule has 0 aromatic rings. The number of carboxylic acid groups (broad SMARTS) is 1. The molecule has 1 aliphatic rings. The predicted octanol–water partition coefficient (Wildman–Crippen LogP) is 1.07. The molecular formula is C8H10O4. The van der Waals surface area contributed by atoms with Crippen LogP contribution in [0.15, 0.2) is 11.3 Å². The van der Waals surface area contributed by atoms with Crippen LogP contribution in [0.25, 0.3) is 0 Å². The summed E-state index contributed by atoms with van der Waals surface area (Å²) in [6.45, 7) is 1.27. The van der Waals surface area contributed by atoms with E-state index in [0.29, 0.717) is 18.6 Å². The van der Waals surface area contributed by atoms with Crippen molar-refractivity contribution in [3.63, 3.8) is 0 Å². The highest BCUT2D eigenvalue weighted by molar-refractivity contribution is 5.88. The quantitative estimate of drug-likeness (QED) is 0.629. The summed E-state index contributed by atoms with van der Waals surface area (Å²) in [5.41, 5.74) is 0.241. The largest absolute Gasteiger partial charge is 0.478 e. The van der Waals surface area contributed by atoms with Crippen LogP contribution in [0, 0.1) is 0 Å². The van der Waals surface area contributed by atoms with Crippen molar-refractivity contribution in [3.8, 4) is 0 Å². The maximum Gasteiger partial charge on any atom is 0.334 e. The van der Waals surface area contributed by atoms with E-state index in [-0.39, 0.29) is 5.57 Å². The first-order valence-electron chi connectivity index (χ1n) is 3.75. The van der Waals surface area contributed by atoms with Crippen LogP contribution in [0.4, 0.5) is 0 Å². The van der Waals surface area contributed by atoms with Gasteiger partial charge in [0.1, 0.15) is 5.76 Å². The van der Waals surface area contributed by atoms with E-state index in [0.717, 1.165) is 6.42 Å². The molecule has 0 spiro atoms. The second-order valence-corrected chi connectivity index (χ2v) is 2.65. The molecule has 1 aliphatic carbocycles. The number of allylic oxidation sites excluding steroid dienone is 1. The third-order valence-electron chi connectivity index (χ3n) is 1.69. The molecule has 1 N–H and O–H groups in total. The highest BCUT2D eigenvalue weighted by Gasteiger charge is 2.22. The summed E-state index contributed by atoms with van der Waals surface area (Å²) < 4.78 is 4.74. The van der Waals surface area contributed by atoms with Gasteiger partial charge in [-0.3, -0.25) is 4.79 Å². The summed E-state index contributed by atoms with van der Waals surface area (Å²) in [4.78, 5) is 21.1. The summed E-state index contributed by atoms with van der Waals surface area (Å²) >= 11 is 0. The number of rotatable bonds is 2. The predicted molar refractivity (Wildman–Crippen MR) is 40.3 cm³/mol. The second kappa shape index (κ2) is 3.38. The average Bonchev–Trinajstić information content (AvgIpc) is 2.33. The Bertz CT molecular complexity index is 252. The van der Waals surface area contributed by atoms with Crippen molar-refractivity contribution < 1.29 is 19.4 Å². The smallest absolute Gasteiger partial charge is 0.334 e. The third-order valence-corrected chi connectivity index (χ3v) is 1.69. The molecule has 0 bridgehead atoms. The Morgan fingerprint density at radius 1 is 1.42 bits per heavy atom. The molecule has 0 radical (unpaired) electrons. The van der Waals surface area contributed by atoms with Gasteiger partial charge in [-0.2, -0.15) is 0 Å². The van der Waals surface area contributed by atoms with Crippen LogP contribution in [-0.4, -0.2) is 17.0 Å². The van der Waals surface area contributed by atoms with Gasteiger partial charge in [-0.05, 0) is 12.8 Å². The van der Waals surface area contributed by atoms with Crippen molar-refractivity contribution in [1.29, 1.82) is 0 Å². The van der Waals surface area contributed by atoms with E-state index in [1.165, 1.54) is 6.92 Å². The third kappa shape index (κ3) is 1.84. The molecule has 0 aromatic heterocycles. The van der Waals surface area contributed by atoms with E-state index in [4.69, 9.17) is 9.84 Å². The number of carboxylic acids is 1. The summed E-state index contributed by atoms with van der Waals surface area (Å²) in [5, 5.41) is 8.65. The van der Waals surface area contributed by atoms with E-state index in [1.807, 2.05) is 0 Å². The lowest BCUT2D eigenvalue weighted by Gasteiger charge is -2.01. The average molecular weight is 170 g/mol. The molecule has 0 amide bonds. The number of hydrogen-bond donors (Lipinski definition) is 1. The maximum atomic E-state index is 10.5. The minimum absolute atomic E-state index is 0.241. The molecule has 4 heteroatoms. The molecule has 0 fully saturated rings. The molecule has 0 aromatic carbocycles. The molecule has 66 valence electrons. The van der Waals surface area contributed by atoms with Crippen LogP contribution in [0.2, 0.25) is 0 Å². The molecule has 1 rings (SSSR count). The summed E-state index contributed by atoms with van der Waals surface area (Å²) in [6.07, 6.45) is 1.81. The Kier molecular flexibility index (Phi) is 2.47. The van der Waals surface area contributed by atoms with E-state index in [1.54, 1.807) is 0 Å². The van der Waals surface area contributed by atoms with Crippen molar-refractivity contribution >= 4 is 11.9 Å². The zero-order valence-corrected chi connectivity index (χ0v) is 6.79. The lowest BCUT2D eigenvalue weighted by molar-refractivity contribution is -0.137. The van der Waals surface area contributed by atoms with Crippen molar-refractivity contribution in [2.75, 3.05) is 0 Å². The SMILES string of the molecule is CC(=O)OC1=C(C(=O)O)CCC1. The van der Waals surface area contributed by atoms with Gasteiger partial charge in [-0.1, -0.05) is 0 Å². The Morgan fingerprint density at radius 2 is 2.08 bits per heavy atom. The van der Waals surface area contributed by atoms with Gasteiger partial charge in [0.05, 0.1) is 5.57 Å². The van der Waals surface area contributed by atoms with Gasteiger partial charge in [0.2, 0.25) is 0 Å². The first-order valence-corrected chi connectivity index (χ1v) is 3.75. The minimum atomic E-state index is -0.983. The molecule has 12 heavy (non-hydrogen) atoms. The van der Waals surface area contributed by atoms with Gasteiger partial charge in [0.15, 0.2) is 0 Å². The molecule has 0 heterocycles. The first-order chi connectivity index (χ1) is 5.61. The van der Waals surface area contributed by atoms with Crippen molar-refractivity contribution in [1.82, 2.24) is 0 Å².